The van der Waals surface area contributed by atoms with Crippen molar-refractivity contribution in [2.75, 3.05) is 13.2 Å². The van der Waals surface area contributed by atoms with Crippen LogP contribution in [0.2, 0.25) is 5.15 Å². The molecule has 6 nitrogen and oxygen atoms in total. The van der Waals surface area contributed by atoms with Crippen LogP contribution >= 0.6 is 11.6 Å². The minimum Gasteiger partial charge on any atom is -0.386 e. The maximum Gasteiger partial charge on any atom is 0.405 e. The van der Waals surface area contributed by atoms with E-state index in [0.717, 1.165) is 5.69 Å². The molecule has 0 unspecified atom stereocenters. The lowest BCUT2D eigenvalue weighted by Crippen LogP contribution is -2.35. The maximum atomic E-state index is 11.9. The van der Waals surface area contributed by atoms with Gasteiger partial charge in [0.15, 0.2) is 6.61 Å². The first-order chi connectivity index (χ1) is 11.8. The fraction of sp³-hybridized carbons (Fsp3) is 0.267. The molecule has 0 aliphatic carbocycles. The van der Waals surface area contributed by atoms with E-state index in [2.05, 4.69) is 15.1 Å². The summed E-state index contributed by atoms with van der Waals surface area (Å²) < 4.78 is 37.4. The molecule has 0 radical (unpaired) electrons. The third kappa shape index (κ3) is 5.49. The van der Waals surface area contributed by atoms with Crippen molar-refractivity contribution in [1.82, 2.24) is 15.1 Å². The van der Waals surface area contributed by atoms with Gasteiger partial charge in [-0.15, -0.1) is 0 Å². The van der Waals surface area contributed by atoms with Gasteiger partial charge in [0.25, 0.3) is 5.91 Å². The Kier molecular flexibility index (Phi) is 6.02. The number of carbonyl (C=O) groups excluding carboxylic acids is 1. The molecule has 0 saturated carbocycles. The molecule has 25 heavy (non-hydrogen) atoms. The molecular formula is C15H14ClF3N4O2. The number of aromatic nitrogens is 2. The molecule has 1 amide bonds. The van der Waals surface area contributed by atoms with Crippen LogP contribution in [0.5, 0.6) is 0 Å². The van der Waals surface area contributed by atoms with Crippen LogP contribution < -0.4 is 5.32 Å². The first kappa shape index (κ1) is 18.8. The van der Waals surface area contributed by atoms with Crippen molar-refractivity contribution in [2.24, 2.45) is 5.16 Å². The normalized spacial score (nSPS) is 11.7. The summed E-state index contributed by atoms with van der Waals surface area (Å²) in [6, 6.07) is 9.16. The van der Waals surface area contributed by atoms with Crippen molar-refractivity contribution in [3.63, 3.8) is 0 Å². The van der Waals surface area contributed by atoms with Gasteiger partial charge in [-0.2, -0.15) is 18.3 Å². The van der Waals surface area contributed by atoms with E-state index in [1.807, 2.05) is 30.3 Å². The monoisotopic (exact) mass is 374 g/mol. The molecule has 0 aliphatic heterocycles. The number of aryl methyl sites for hydroxylation is 1. The molecule has 2 aromatic rings. The number of carbonyl (C=O) groups is 1. The van der Waals surface area contributed by atoms with E-state index in [4.69, 9.17) is 11.6 Å². The zero-order valence-electron chi connectivity index (χ0n) is 13.0. The highest BCUT2D eigenvalue weighted by molar-refractivity contribution is 6.32. The summed E-state index contributed by atoms with van der Waals surface area (Å²) in [6.07, 6.45) is -3.23. The average molecular weight is 375 g/mol. The van der Waals surface area contributed by atoms with E-state index < -0.39 is 25.2 Å². The van der Waals surface area contributed by atoms with Gasteiger partial charge in [-0.25, -0.2) is 4.68 Å². The zero-order valence-corrected chi connectivity index (χ0v) is 13.8. The Bertz CT molecular complexity index is 760. The number of oxime groups is 1. The van der Waals surface area contributed by atoms with Crippen molar-refractivity contribution in [1.29, 1.82) is 0 Å². The average Bonchev–Trinajstić information content (AvgIpc) is 2.84. The van der Waals surface area contributed by atoms with Crippen LogP contribution in [0.4, 0.5) is 13.2 Å². The molecule has 1 heterocycles. The Hall–Kier alpha value is -2.55. The van der Waals surface area contributed by atoms with Crippen molar-refractivity contribution < 1.29 is 22.8 Å². The molecule has 0 saturated heterocycles. The molecular weight excluding hydrogens is 361 g/mol. The number of amides is 1. The predicted octanol–water partition coefficient (Wildman–Crippen LogP) is 2.86. The third-order valence-electron chi connectivity index (χ3n) is 2.99. The molecule has 134 valence electrons. The number of nitrogens with zero attached hydrogens (tertiary/aromatic N) is 3. The van der Waals surface area contributed by atoms with Crippen molar-refractivity contribution >= 4 is 23.7 Å². The van der Waals surface area contributed by atoms with Crippen molar-refractivity contribution in [3.05, 3.63) is 46.7 Å². The van der Waals surface area contributed by atoms with Gasteiger partial charge in [-0.1, -0.05) is 35.0 Å². The van der Waals surface area contributed by atoms with E-state index in [-0.39, 0.29) is 5.15 Å². The van der Waals surface area contributed by atoms with Crippen LogP contribution in [0.1, 0.15) is 11.3 Å². The molecule has 1 N–H and O–H groups in total. The lowest BCUT2D eigenvalue weighted by Gasteiger charge is -2.07. The van der Waals surface area contributed by atoms with E-state index >= 15 is 0 Å². The number of hydrogen-bond donors (Lipinski definition) is 1. The summed E-state index contributed by atoms with van der Waals surface area (Å²) in [5.41, 5.74) is 1.80. The van der Waals surface area contributed by atoms with Crippen LogP contribution in [-0.2, 0) is 9.63 Å². The van der Waals surface area contributed by atoms with Gasteiger partial charge in [0.05, 0.1) is 23.2 Å². The van der Waals surface area contributed by atoms with Crippen LogP contribution in [0, 0.1) is 6.92 Å². The van der Waals surface area contributed by atoms with E-state index in [1.54, 1.807) is 12.2 Å². The number of alkyl halides is 3. The molecule has 10 heteroatoms. The standard InChI is InChI=1S/C15H14ClF3N4O2/c1-10-12(7-21-25-8-13(24)20-9-15(17,18)19)14(16)23(22-10)11-5-3-2-4-6-11/h2-7H,8-9H2,1H3,(H,20,24)/b21-7-. The number of nitrogens with one attached hydrogen (secondary N) is 1. The zero-order chi connectivity index (χ0) is 18.4. The SMILES string of the molecule is Cc1nn(-c2ccccc2)c(Cl)c1/C=N\OCC(=O)NCC(F)(F)F. The third-order valence-corrected chi connectivity index (χ3v) is 3.35. The second-order valence-electron chi connectivity index (χ2n) is 4.94. The summed E-state index contributed by atoms with van der Waals surface area (Å²) >= 11 is 6.25. The highest BCUT2D eigenvalue weighted by atomic mass is 35.5. The van der Waals surface area contributed by atoms with E-state index in [0.29, 0.717) is 11.3 Å². The number of hydrogen-bond acceptors (Lipinski definition) is 4. The predicted molar refractivity (Wildman–Crippen MR) is 85.9 cm³/mol. The summed E-state index contributed by atoms with van der Waals surface area (Å²) in [6.45, 7) is -0.355. The van der Waals surface area contributed by atoms with Gasteiger partial charge in [0.1, 0.15) is 11.7 Å². The Balaban J connectivity index is 1.96. The topological polar surface area (TPSA) is 68.5 Å². The van der Waals surface area contributed by atoms with Crippen molar-refractivity contribution in [2.45, 2.75) is 13.1 Å². The largest absolute Gasteiger partial charge is 0.405 e. The van der Waals surface area contributed by atoms with Crippen LogP contribution in [0.3, 0.4) is 0 Å². The first-order valence-electron chi connectivity index (χ1n) is 7.07. The van der Waals surface area contributed by atoms with Crippen molar-refractivity contribution in [3.8, 4) is 5.69 Å². The second kappa shape index (κ2) is 8.02. The summed E-state index contributed by atoms with van der Waals surface area (Å²) in [5.74, 6) is -0.933. The van der Waals surface area contributed by atoms with Gasteiger partial charge >= 0.3 is 6.18 Å². The Morgan fingerprint density at radius 2 is 2.08 bits per heavy atom. The second-order valence-corrected chi connectivity index (χ2v) is 5.30. The minimum atomic E-state index is -4.48. The molecule has 0 atom stereocenters. The molecule has 0 bridgehead atoms. The van der Waals surface area contributed by atoms with Gasteiger partial charge in [-0.3, -0.25) is 4.79 Å². The number of rotatable bonds is 6. The maximum absolute atomic E-state index is 11.9. The molecule has 0 spiro atoms. The van der Waals surface area contributed by atoms with Gasteiger partial charge in [0.2, 0.25) is 0 Å². The Morgan fingerprint density at radius 3 is 2.72 bits per heavy atom. The number of benzene rings is 1. The Labute approximate surface area is 146 Å². The molecule has 2 rings (SSSR count). The van der Waals surface area contributed by atoms with Gasteiger partial charge in [-0.05, 0) is 19.1 Å². The molecule has 1 aromatic heterocycles. The highest BCUT2D eigenvalue weighted by Gasteiger charge is 2.27. The smallest absolute Gasteiger partial charge is 0.386 e. The van der Waals surface area contributed by atoms with Crippen LogP contribution in [-0.4, -0.2) is 41.2 Å². The minimum absolute atomic E-state index is 0.289. The summed E-state index contributed by atoms with van der Waals surface area (Å²) in [5, 5.41) is 9.79. The van der Waals surface area contributed by atoms with E-state index in [1.165, 1.54) is 10.9 Å². The first-order valence-corrected chi connectivity index (χ1v) is 7.45. The fourth-order valence-electron chi connectivity index (χ4n) is 1.83. The lowest BCUT2D eigenvalue weighted by atomic mass is 10.3. The fourth-order valence-corrected chi connectivity index (χ4v) is 2.15. The molecule has 0 aliphatic rings. The van der Waals surface area contributed by atoms with Crippen LogP contribution in [0.15, 0.2) is 35.5 Å². The van der Waals surface area contributed by atoms with Gasteiger partial charge < -0.3 is 10.2 Å². The molecule has 1 aromatic carbocycles. The van der Waals surface area contributed by atoms with Crippen LogP contribution in [0.25, 0.3) is 5.69 Å². The summed E-state index contributed by atoms with van der Waals surface area (Å²) in [4.78, 5) is 15.9. The van der Waals surface area contributed by atoms with E-state index in [9.17, 15) is 18.0 Å². The lowest BCUT2D eigenvalue weighted by molar-refractivity contribution is -0.141. The van der Waals surface area contributed by atoms with Gasteiger partial charge in [0, 0.05) is 0 Å². The highest BCUT2D eigenvalue weighted by Crippen LogP contribution is 2.21. The Morgan fingerprint density at radius 1 is 1.40 bits per heavy atom. The quantitative estimate of drug-likeness (QED) is 0.624. The summed E-state index contributed by atoms with van der Waals surface area (Å²) in [7, 11) is 0. The molecule has 0 fully saturated rings. The number of halogens is 4. The number of para-hydroxylation sites is 1.